The number of nitrogens with two attached hydrogens (primary N) is 1. The van der Waals surface area contributed by atoms with Crippen LogP contribution in [0, 0.1) is 5.92 Å². The summed E-state index contributed by atoms with van der Waals surface area (Å²) in [5.74, 6) is 0.0542. The first-order valence-electron chi connectivity index (χ1n) is 6.05. The average molecular weight is 239 g/mol. The van der Waals surface area contributed by atoms with E-state index in [0.29, 0.717) is 11.6 Å². The van der Waals surface area contributed by atoms with Crippen molar-refractivity contribution < 1.29 is 4.79 Å². The molecule has 0 saturated carbocycles. The van der Waals surface area contributed by atoms with E-state index in [9.17, 15) is 4.79 Å². The molecule has 0 spiro atoms. The van der Waals surface area contributed by atoms with Crippen LogP contribution in [-0.2, 0) is 5.34 Å². The number of aromatic nitrogens is 1. The van der Waals surface area contributed by atoms with Crippen LogP contribution < -0.4 is 5.73 Å². The quantitative estimate of drug-likeness (QED) is 0.750. The standard InChI is InChI=1S/C12H15B2N3O/c1-2-8-6-17(7-8)12(13,14)10-5-3-4-9(16-10)11(15)18/h3-5,8H,2,6-7H2,1H3,(H2,15,18). The van der Waals surface area contributed by atoms with E-state index in [1.807, 2.05) is 4.90 Å². The number of nitrogens with zero attached hydrogens (tertiary/aromatic N) is 2. The van der Waals surface area contributed by atoms with Crippen molar-refractivity contribution in [3.8, 4) is 0 Å². The molecule has 4 radical (unpaired) electrons. The van der Waals surface area contributed by atoms with Gasteiger partial charge in [-0.25, -0.2) is 4.98 Å². The van der Waals surface area contributed by atoms with Crippen LogP contribution in [0.2, 0.25) is 0 Å². The lowest BCUT2D eigenvalue weighted by molar-refractivity contribution is 0.0618. The monoisotopic (exact) mass is 239 g/mol. The van der Waals surface area contributed by atoms with Crippen LogP contribution in [0.15, 0.2) is 18.2 Å². The molecule has 0 unspecified atom stereocenters. The second kappa shape index (κ2) is 4.76. The molecule has 4 nitrogen and oxygen atoms in total. The van der Waals surface area contributed by atoms with E-state index in [1.165, 1.54) is 0 Å². The highest BCUT2D eigenvalue weighted by Crippen LogP contribution is 2.30. The van der Waals surface area contributed by atoms with Crippen molar-refractivity contribution in [1.29, 1.82) is 0 Å². The fourth-order valence-corrected chi connectivity index (χ4v) is 2.09. The van der Waals surface area contributed by atoms with Gasteiger partial charge in [-0.3, -0.25) is 4.79 Å². The molecule has 0 aliphatic carbocycles. The molecule has 0 atom stereocenters. The summed E-state index contributed by atoms with van der Waals surface area (Å²) in [5, 5.41) is -1.14. The minimum atomic E-state index is -1.14. The number of rotatable bonds is 4. The fraction of sp³-hybridized carbons (Fsp3) is 0.500. The van der Waals surface area contributed by atoms with Gasteiger partial charge in [-0.15, -0.1) is 0 Å². The lowest BCUT2D eigenvalue weighted by atomic mass is 9.57. The fourth-order valence-electron chi connectivity index (χ4n) is 2.09. The summed E-state index contributed by atoms with van der Waals surface area (Å²) in [6.07, 6.45) is 1.11. The van der Waals surface area contributed by atoms with Crippen LogP contribution >= 0.6 is 0 Å². The Morgan fingerprint density at radius 1 is 1.56 bits per heavy atom. The van der Waals surface area contributed by atoms with Gasteiger partial charge >= 0.3 is 0 Å². The minimum Gasteiger partial charge on any atom is -0.364 e. The van der Waals surface area contributed by atoms with E-state index >= 15 is 0 Å². The summed E-state index contributed by atoms with van der Waals surface area (Å²) in [6, 6.07) is 4.95. The zero-order chi connectivity index (χ0) is 13.3. The van der Waals surface area contributed by atoms with Crippen LogP contribution in [0.3, 0.4) is 0 Å². The molecule has 1 aromatic rings. The van der Waals surface area contributed by atoms with Gasteiger partial charge in [-0.2, -0.15) is 0 Å². The van der Waals surface area contributed by atoms with Crippen LogP contribution in [-0.4, -0.2) is 44.6 Å². The predicted octanol–water partition coefficient (Wildman–Crippen LogP) is -0.0304. The Bertz CT molecular complexity index is 458. The molecule has 1 saturated heterocycles. The average Bonchev–Trinajstić information content (AvgIpc) is 2.27. The molecule has 2 heterocycles. The van der Waals surface area contributed by atoms with Crippen molar-refractivity contribution in [2.24, 2.45) is 11.7 Å². The van der Waals surface area contributed by atoms with Crippen molar-refractivity contribution in [2.45, 2.75) is 18.7 Å². The Kier molecular flexibility index (Phi) is 3.48. The second-order valence-corrected chi connectivity index (χ2v) is 4.78. The molecule has 0 bridgehead atoms. The SMILES string of the molecule is [B]C([B])(c1cccc(C(N)=O)n1)N1CC(CC)C1. The smallest absolute Gasteiger partial charge is 0.267 e. The first-order valence-corrected chi connectivity index (χ1v) is 6.05. The molecule has 90 valence electrons. The third-order valence-corrected chi connectivity index (χ3v) is 3.47. The highest BCUT2D eigenvalue weighted by molar-refractivity contribution is 6.39. The van der Waals surface area contributed by atoms with Crippen molar-refractivity contribution in [1.82, 2.24) is 9.88 Å². The van der Waals surface area contributed by atoms with Gasteiger partial charge in [0.05, 0.1) is 15.7 Å². The summed E-state index contributed by atoms with van der Waals surface area (Å²) in [6.45, 7) is 3.85. The summed E-state index contributed by atoms with van der Waals surface area (Å²) >= 11 is 0. The van der Waals surface area contributed by atoms with Crippen LogP contribution in [0.25, 0.3) is 0 Å². The Balaban J connectivity index is 2.19. The van der Waals surface area contributed by atoms with Gasteiger partial charge in [0.15, 0.2) is 0 Å². The van der Waals surface area contributed by atoms with Gasteiger partial charge in [-0.1, -0.05) is 19.4 Å². The molecule has 1 aromatic heterocycles. The van der Waals surface area contributed by atoms with Crippen LogP contribution in [0.1, 0.15) is 29.5 Å². The maximum atomic E-state index is 11.1. The Hall–Kier alpha value is -1.29. The molecular formula is C12H15B2N3O. The van der Waals surface area contributed by atoms with Gasteiger partial charge in [0.1, 0.15) is 5.69 Å². The maximum absolute atomic E-state index is 11.1. The molecule has 1 fully saturated rings. The van der Waals surface area contributed by atoms with Gasteiger partial charge in [0.2, 0.25) is 0 Å². The number of carbonyl (C=O) groups is 1. The molecule has 1 aliphatic rings. The van der Waals surface area contributed by atoms with Crippen molar-refractivity contribution >= 4 is 21.6 Å². The number of pyridine rings is 1. The lowest BCUT2D eigenvalue weighted by Gasteiger charge is -2.50. The summed E-state index contributed by atoms with van der Waals surface area (Å²) in [5.41, 5.74) is 5.84. The van der Waals surface area contributed by atoms with Crippen molar-refractivity contribution in [2.75, 3.05) is 13.1 Å². The van der Waals surface area contributed by atoms with Crippen molar-refractivity contribution in [3.63, 3.8) is 0 Å². The Morgan fingerprint density at radius 2 is 2.22 bits per heavy atom. The zero-order valence-corrected chi connectivity index (χ0v) is 10.5. The predicted molar refractivity (Wildman–Crippen MR) is 71.3 cm³/mol. The number of hydrogen-bond donors (Lipinski definition) is 1. The molecule has 18 heavy (non-hydrogen) atoms. The Labute approximate surface area is 110 Å². The molecule has 6 heteroatoms. The number of hydrogen-bond acceptors (Lipinski definition) is 3. The molecule has 1 aliphatic heterocycles. The third kappa shape index (κ3) is 2.29. The molecule has 2 rings (SSSR count). The number of carbonyl (C=O) groups excluding carboxylic acids is 1. The van der Waals surface area contributed by atoms with E-state index in [4.69, 9.17) is 21.4 Å². The van der Waals surface area contributed by atoms with Gasteiger partial charge in [-0.05, 0) is 23.4 Å². The van der Waals surface area contributed by atoms with E-state index in [2.05, 4.69) is 11.9 Å². The first kappa shape index (κ1) is 13.1. The van der Waals surface area contributed by atoms with Gasteiger partial charge in [0, 0.05) is 18.8 Å². The van der Waals surface area contributed by atoms with E-state index in [-0.39, 0.29) is 5.69 Å². The highest BCUT2D eigenvalue weighted by Gasteiger charge is 2.37. The van der Waals surface area contributed by atoms with Crippen molar-refractivity contribution in [3.05, 3.63) is 29.6 Å². The largest absolute Gasteiger partial charge is 0.364 e. The van der Waals surface area contributed by atoms with E-state index in [1.54, 1.807) is 18.2 Å². The van der Waals surface area contributed by atoms with Crippen LogP contribution in [0.5, 0.6) is 0 Å². The van der Waals surface area contributed by atoms with E-state index < -0.39 is 11.2 Å². The summed E-state index contributed by atoms with van der Waals surface area (Å²) < 4.78 is 0. The minimum absolute atomic E-state index is 0.181. The number of amides is 1. The zero-order valence-electron chi connectivity index (χ0n) is 10.5. The first-order chi connectivity index (χ1) is 8.45. The molecular weight excluding hydrogens is 224 g/mol. The van der Waals surface area contributed by atoms with Gasteiger partial charge < -0.3 is 10.6 Å². The molecule has 0 aromatic carbocycles. The van der Waals surface area contributed by atoms with Crippen LogP contribution in [0.4, 0.5) is 0 Å². The van der Waals surface area contributed by atoms with Gasteiger partial charge in [0.25, 0.3) is 5.91 Å². The second-order valence-electron chi connectivity index (χ2n) is 4.78. The lowest BCUT2D eigenvalue weighted by Crippen LogP contribution is -2.59. The maximum Gasteiger partial charge on any atom is 0.267 e. The molecule has 1 amide bonds. The normalized spacial score (nSPS) is 17.4. The highest BCUT2D eigenvalue weighted by atomic mass is 16.1. The Morgan fingerprint density at radius 3 is 2.78 bits per heavy atom. The van der Waals surface area contributed by atoms with E-state index in [0.717, 1.165) is 19.5 Å². The summed E-state index contributed by atoms with van der Waals surface area (Å²) in [4.78, 5) is 17.2. The molecule has 2 N–H and O–H groups in total. The number of primary amides is 1. The summed E-state index contributed by atoms with van der Waals surface area (Å²) in [7, 11) is 12.2. The third-order valence-electron chi connectivity index (χ3n) is 3.47. The number of likely N-dealkylation sites (tertiary alicyclic amines) is 1. The topological polar surface area (TPSA) is 59.2 Å².